The Morgan fingerprint density at radius 1 is 1.35 bits per heavy atom. The van der Waals surface area contributed by atoms with Gasteiger partial charge >= 0.3 is 0 Å². The number of hydrogen-bond acceptors (Lipinski definition) is 3. The fourth-order valence-corrected chi connectivity index (χ4v) is 3.63. The molecule has 0 aromatic heterocycles. The number of benzene rings is 1. The quantitative estimate of drug-likeness (QED) is 0.658. The molecule has 106 valence electrons. The molecule has 2 aliphatic carbocycles. The number of carbonyl (C=O) groups excluding carboxylic acids is 1. The zero-order valence-electron chi connectivity index (χ0n) is 11.1. The van der Waals surface area contributed by atoms with Crippen LogP contribution < -0.4 is 5.43 Å². The zero-order chi connectivity index (χ0) is 14.1. The number of nitrogens with one attached hydrogen (secondary N) is 1. The minimum absolute atomic E-state index is 0.0210. The van der Waals surface area contributed by atoms with Crippen LogP contribution in [-0.4, -0.2) is 17.2 Å². The Morgan fingerprint density at radius 3 is 2.75 bits per heavy atom. The number of hydrazone groups is 1. The first-order valence-corrected chi connectivity index (χ1v) is 7.77. The number of amides is 1. The number of rotatable bonds is 3. The molecule has 3 rings (SSSR count). The largest absolute Gasteiger partial charge is 0.507 e. The van der Waals surface area contributed by atoms with Crippen LogP contribution in [0.15, 0.2) is 27.8 Å². The van der Waals surface area contributed by atoms with E-state index in [1.165, 1.54) is 31.9 Å². The van der Waals surface area contributed by atoms with Crippen molar-refractivity contribution in [1.82, 2.24) is 5.43 Å². The van der Waals surface area contributed by atoms with E-state index in [0.717, 1.165) is 4.47 Å². The van der Waals surface area contributed by atoms with Gasteiger partial charge in [-0.15, -0.1) is 0 Å². The van der Waals surface area contributed by atoms with Gasteiger partial charge in [-0.2, -0.15) is 5.10 Å². The Morgan fingerprint density at radius 2 is 2.05 bits per heavy atom. The Balaban J connectivity index is 1.58. The van der Waals surface area contributed by atoms with E-state index in [1.54, 1.807) is 18.2 Å². The molecule has 1 aromatic rings. The van der Waals surface area contributed by atoms with Crippen LogP contribution in [0.5, 0.6) is 5.75 Å². The number of hydrogen-bond donors (Lipinski definition) is 2. The lowest BCUT2D eigenvalue weighted by molar-refractivity contribution is -0.122. The highest BCUT2D eigenvalue weighted by atomic mass is 79.9. The molecule has 0 radical (unpaired) electrons. The van der Waals surface area contributed by atoms with Crippen molar-refractivity contribution >= 4 is 28.1 Å². The Kier molecular flexibility index (Phi) is 3.78. The van der Waals surface area contributed by atoms with Crippen LogP contribution in [0.1, 0.15) is 31.2 Å². The van der Waals surface area contributed by atoms with Crippen molar-refractivity contribution < 1.29 is 9.90 Å². The lowest BCUT2D eigenvalue weighted by Crippen LogP contribution is -2.20. The molecule has 2 atom stereocenters. The van der Waals surface area contributed by atoms with Crippen LogP contribution >= 0.6 is 15.9 Å². The first kappa shape index (κ1) is 13.6. The normalized spacial score (nSPS) is 28.1. The number of phenolic OH excluding ortho intramolecular Hbond substituents is 1. The maximum absolute atomic E-state index is 12.0. The van der Waals surface area contributed by atoms with Crippen molar-refractivity contribution in [3.63, 3.8) is 0 Å². The Hall–Kier alpha value is -1.36. The summed E-state index contributed by atoms with van der Waals surface area (Å²) >= 11 is 3.33. The van der Waals surface area contributed by atoms with Gasteiger partial charge in [0.05, 0.1) is 6.21 Å². The van der Waals surface area contributed by atoms with Crippen molar-refractivity contribution in [3.8, 4) is 5.75 Å². The van der Waals surface area contributed by atoms with Crippen LogP contribution in [0.25, 0.3) is 0 Å². The van der Waals surface area contributed by atoms with Crippen LogP contribution in [0.2, 0.25) is 0 Å². The first-order valence-electron chi connectivity index (χ1n) is 6.98. The molecule has 1 amide bonds. The molecular weight excluding hydrogens is 320 g/mol. The summed E-state index contributed by atoms with van der Waals surface area (Å²) in [4.78, 5) is 12.0. The van der Waals surface area contributed by atoms with Crippen molar-refractivity contribution in [2.24, 2.45) is 22.9 Å². The van der Waals surface area contributed by atoms with Crippen LogP contribution in [0.3, 0.4) is 0 Å². The van der Waals surface area contributed by atoms with E-state index in [4.69, 9.17) is 0 Å². The predicted octanol–water partition coefficient (Wildman–Crippen LogP) is 3.04. The highest BCUT2D eigenvalue weighted by Crippen LogP contribution is 2.55. The molecule has 4 nitrogen and oxygen atoms in total. The fraction of sp³-hybridized carbons (Fsp3) is 0.467. The predicted molar refractivity (Wildman–Crippen MR) is 80.5 cm³/mol. The average molecular weight is 337 g/mol. The zero-order valence-corrected chi connectivity index (χ0v) is 12.6. The summed E-state index contributed by atoms with van der Waals surface area (Å²) in [6.07, 6.45) is 6.34. The molecule has 2 saturated carbocycles. The molecule has 0 unspecified atom stereocenters. The average Bonchev–Trinajstić information content (AvgIpc) is 3.17. The summed E-state index contributed by atoms with van der Waals surface area (Å²) in [5.41, 5.74) is 3.18. The second-order valence-corrected chi connectivity index (χ2v) is 6.49. The van der Waals surface area contributed by atoms with Gasteiger partial charge in [-0.1, -0.05) is 28.8 Å². The summed E-state index contributed by atoms with van der Waals surface area (Å²) in [5.74, 6) is 1.49. The minimum Gasteiger partial charge on any atom is -0.507 e. The minimum atomic E-state index is 0.0210. The van der Waals surface area contributed by atoms with Crippen molar-refractivity contribution in [2.75, 3.05) is 0 Å². The van der Waals surface area contributed by atoms with E-state index in [-0.39, 0.29) is 17.6 Å². The second-order valence-electron chi connectivity index (χ2n) is 5.58. The van der Waals surface area contributed by atoms with E-state index >= 15 is 0 Å². The van der Waals surface area contributed by atoms with Gasteiger partial charge in [0.25, 0.3) is 0 Å². The van der Waals surface area contributed by atoms with Crippen molar-refractivity contribution in [3.05, 3.63) is 28.2 Å². The lowest BCUT2D eigenvalue weighted by Gasteiger charge is -2.04. The fourth-order valence-electron chi connectivity index (χ4n) is 3.25. The molecule has 2 aliphatic rings. The van der Waals surface area contributed by atoms with Crippen LogP contribution in [-0.2, 0) is 4.79 Å². The molecule has 2 fully saturated rings. The van der Waals surface area contributed by atoms with Gasteiger partial charge < -0.3 is 5.11 Å². The number of carbonyl (C=O) groups is 1. The van der Waals surface area contributed by atoms with Gasteiger partial charge in [0.1, 0.15) is 5.75 Å². The van der Waals surface area contributed by atoms with E-state index in [2.05, 4.69) is 26.5 Å². The summed E-state index contributed by atoms with van der Waals surface area (Å²) < 4.78 is 0.858. The Bertz CT molecular complexity index is 547. The molecule has 20 heavy (non-hydrogen) atoms. The van der Waals surface area contributed by atoms with Crippen molar-refractivity contribution in [1.29, 1.82) is 0 Å². The summed E-state index contributed by atoms with van der Waals surface area (Å²) in [6.45, 7) is 0. The monoisotopic (exact) mass is 336 g/mol. The number of phenols is 1. The van der Waals surface area contributed by atoms with Crippen LogP contribution in [0, 0.1) is 17.8 Å². The van der Waals surface area contributed by atoms with Gasteiger partial charge in [-0.25, -0.2) is 5.43 Å². The molecule has 0 heterocycles. The standard InChI is InChI=1S/C15H17BrN2O2/c16-10-5-6-13(19)9(7-10)8-17-18-15(20)14-11-3-1-2-4-12(11)14/h5-8,11-12,14,19H,1-4H2,(H,18,20)/b17-8-/t11-,12-/m1/s1. The topological polar surface area (TPSA) is 61.7 Å². The molecule has 1 aromatic carbocycles. The third-order valence-electron chi connectivity index (χ3n) is 4.33. The third-order valence-corrected chi connectivity index (χ3v) is 4.82. The molecule has 5 heteroatoms. The molecule has 0 aliphatic heterocycles. The number of halogens is 1. The number of nitrogens with zero attached hydrogens (tertiary/aromatic N) is 1. The van der Waals surface area contributed by atoms with Gasteiger partial charge in [-0.05, 0) is 42.9 Å². The lowest BCUT2D eigenvalue weighted by atomic mass is 10.0. The van der Waals surface area contributed by atoms with Gasteiger partial charge in [0, 0.05) is 16.0 Å². The summed E-state index contributed by atoms with van der Waals surface area (Å²) in [6, 6.07) is 5.09. The highest BCUT2D eigenvalue weighted by molar-refractivity contribution is 9.10. The molecular formula is C15H17BrN2O2. The SMILES string of the molecule is O=C(N/N=C\c1cc(Br)ccc1O)C1[C@@H]2CCCC[C@@H]12. The Labute approximate surface area is 126 Å². The third kappa shape index (κ3) is 2.73. The van der Waals surface area contributed by atoms with E-state index in [0.29, 0.717) is 17.4 Å². The van der Waals surface area contributed by atoms with Gasteiger partial charge in [0.2, 0.25) is 5.91 Å². The highest BCUT2D eigenvalue weighted by Gasteiger charge is 2.54. The summed E-state index contributed by atoms with van der Waals surface area (Å²) in [5, 5.41) is 13.6. The first-order chi connectivity index (χ1) is 9.66. The van der Waals surface area contributed by atoms with Gasteiger partial charge in [0.15, 0.2) is 0 Å². The van der Waals surface area contributed by atoms with E-state index in [9.17, 15) is 9.90 Å². The van der Waals surface area contributed by atoms with E-state index < -0.39 is 0 Å². The molecule has 2 N–H and O–H groups in total. The van der Waals surface area contributed by atoms with Gasteiger partial charge in [-0.3, -0.25) is 4.79 Å². The summed E-state index contributed by atoms with van der Waals surface area (Å²) in [7, 11) is 0. The smallest absolute Gasteiger partial charge is 0.243 e. The number of fused-ring (bicyclic) bond motifs is 1. The maximum atomic E-state index is 12.0. The van der Waals surface area contributed by atoms with Crippen LogP contribution in [0.4, 0.5) is 0 Å². The maximum Gasteiger partial charge on any atom is 0.243 e. The molecule has 0 saturated heterocycles. The second kappa shape index (κ2) is 5.56. The number of aromatic hydroxyl groups is 1. The van der Waals surface area contributed by atoms with E-state index in [1.807, 2.05) is 0 Å². The van der Waals surface area contributed by atoms with Crippen molar-refractivity contribution in [2.45, 2.75) is 25.7 Å². The molecule has 0 bridgehead atoms. The molecule has 0 spiro atoms.